The second-order valence-corrected chi connectivity index (χ2v) is 8.67. The summed E-state index contributed by atoms with van der Waals surface area (Å²) in [6.45, 7) is 0. The van der Waals surface area contributed by atoms with Gasteiger partial charge in [0.2, 0.25) is 5.91 Å². The standard InChI is InChI=1S/C23H16Br2N2O3/c24-16-11-9-14(10-12-16)21(28)19-20(15-5-4-6-17(25)13-15)26-23(30)27(22(19)29)18-7-2-1-3-8-18/h1-13,19-20H,(H,26,30)/t19-,20+/m0/s1. The SMILES string of the molecule is O=C(c1ccc(Br)cc1)[C@H]1C(=O)N(c2ccccc2)C(=O)N[C@@H]1c1cccc(Br)c1. The van der Waals surface area contributed by atoms with E-state index in [0.29, 0.717) is 16.8 Å². The summed E-state index contributed by atoms with van der Waals surface area (Å²) in [5, 5.41) is 2.87. The van der Waals surface area contributed by atoms with Gasteiger partial charge in [-0.05, 0) is 42.0 Å². The van der Waals surface area contributed by atoms with E-state index in [1.807, 2.05) is 6.07 Å². The van der Waals surface area contributed by atoms with Gasteiger partial charge >= 0.3 is 6.03 Å². The van der Waals surface area contributed by atoms with Crippen LogP contribution < -0.4 is 10.2 Å². The van der Waals surface area contributed by atoms with Gasteiger partial charge in [-0.2, -0.15) is 0 Å². The lowest BCUT2D eigenvalue weighted by molar-refractivity contribution is -0.121. The fraction of sp³-hybridized carbons (Fsp3) is 0.0870. The van der Waals surface area contributed by atoms with Crippen LogP contribution in [0.3, 0.4) is 0 Å². The van der Waals surface area contributed by atoms with Gasteiger partial charge in [0.05, 0.1) is 11.7 Å². The molecule has 4 rings (SSSR count). The Hall–Kier alpha value is -2.77. The molecule has 3 aromatic rings. The number of nitrogens with zero attached hydrogens (tertiary/aromatic N) is 1. The number of halogens is 2. The minimum absolute atomic E-state index is 0.349. The highest BCUT2D eigenvalue weighted by Gasteiger charge is 2.46. The topological polar surface area (TPSA) is 66.5 Å². The number of carbonyl (C=O) groups is 3. The number of nitrogens with one attached hydrogen (secondary N) is 1. The number of rotatable bonds is 4. The molecule has 2 atom stereocenters. The predicted octanol–water partition coefficient (Wildman–Crippen LogP) is 5.51. The van der Waals surface area contributed by atoms with E-state index in [0.717, 1.165) is 13.8 Å². The summed E-state index contributed by atoms with van der Waals surface area (Å²) in [5.41, 5.74) is 1.50. The highest BCUT2D eigenvalue weighted by atomic mass is 79.9. The molecule has 0 aliphatic carbocycles. The second-order valence-electron chi connectivity index (χ2n) is 6.84. The first-order valence-electron chi connectivity index (χ1n) is 9.20. The lowest BCUT2D eigenvalue weighted by atomic mass is 9.84. The highest BCUT2D eigenvalue weighted by Crippen LogP contribution is 2.34. The first kappa shape index (κ1) is 20.5. The van der Waals surface area contributed by atoms with Crippen molar-refractivity contribution in [3.63, 3.8) is 0 Å². The van der Waals surface area contributed by atoms with E-state index in [4.69, 9.17) is 0 Å². The third kappa shape index (κ3) is 3.95. The van der Waals surface area contributed by atoms with Crippen molar-refractivity contribution in [3.05, 3.63) is 98.9 Å². The number of anilines is 1. The zero-order valence-electron chi connectivity index (χ0n) is 15.6. The molecule has 1 saturated heterocycles. The molecule has 7 heteroatoms. The lowest BCUT2D eigenvalue weighted by Gasteiger charge is -2.37. The van der Waals surface area contributed by atoms with Gasteiger partial charge in [-0.1, -0.05) is 74.3 Å². The monoisotopic (exact) mass is 526 g/mol. The zero-order valence-corrected chi connectivity index (χ0v) is 18.8. The number of urea groups is 1. The van der Waals surface area contributed by atoms with E-state index in [9.17, 15) is 14.4 Å². The van der Waals surface area contributed by atoms with E-state index in [2.05, 4.69) is 37.2 Å². The summed E-state index contributed by atoms with van der Waals surface area (Å²) in [6.07, 6.45) is 0. The number of para-hydroxylation sites is 1. The molecular formula is C23H16Br2N2O3. The molecule has 0 spiro atoms. The van der Waals surface area contributed by atoms with E-state index < -0.39 is 23.9 Å². The van der Waals surface area contributed by atoms with Crippen molar-refractivity contribution in [1.29, 1.82) is 0 Å². The number of ketones is 1. The van der Waals surface area contributed by atoms with Crippen LogP contribution in [0, 0.1) is 5.92 Å². The largest absolute Gasteiger partial charge is 0.329 e. The molecule has 3 amide bonds. The molecule has 1 aliphatic heterocycles. The Morgan fingerprint density at radius 2 is 1.53 bits per heavy atom. The fourth-order valence-electron chi connectivity index (χ4n) is 3.52. The third-order valence-corrected chi connectivity index (χ3v) is 5.96. The maximum Gasteiger partial charge on any atom is 0.329 e. The van der Waals surface area contributed by atoms with Crippen LogP contribution in [0.2, 0.25) is 0 Å². The predicted molar refractivity (Wildman–Crippen MR) is 121 cm³/mol. The van der Waals surface area contributed by atoms with Crippen LogP contribution in [0.5, 0.6) is 0 Å². The maximum absolute atomic E-state index is 13.5. The van der Waals surface area contributed by atoms with Crippen molar-refractivity contribution in [2.75, 3.05) is 4.90 Å². The third-order valence-electron chi connectivity index (χ3n) is 4.94. The number of amides is 3. The van der Waals surface area contributed by atoms with E-state index in [1.54, 1.807) is 72.8 Å². The van der Waals surface area contributed by atoms with Gasteiger partial charge in [-0.15, -0.1) is 0 Å². The molecular weight excluding hydrogens is 512 g/mol. The van der Waals surface area contributed by atoms with Crippen LogP contribution in [-0.4, -0.2) is 17.7 Å². The molecule has 150 valence electrons. The minimum Gasteiger partial charge on any atom is -0.329 e. The molecule has 1 heterocycles. The van der Waals surface area contributed by atoms with Crippen molar-refractivity contribution >= 4 is 55.3 Å². The van der Waals surface area contributed by atoms with Gasteiger partial charge in [0, 0.05) is 14.5 Å². The first-order valence-corrected chi connectivity index (χ1v) is 10.8. The lowest BCUT2D eigenvalue weighted by Crippen LogP contribution is -2.58. The number of carbonyl (C=O) groups excluding carboxylic acids is 3. The number of imide groups is 1. The van der Waals surface area contributed by atoms with Crippen molar-refractivity contribution in [3.8, 4) is 0 Å². The molecule has 1 fully saturated rings. The first-order chi connectivity index (χ1) is 14.5. The van der Waals surface area contributed by atoms with Crippen LogP contribution in [0.1, 0.15) is 22.0 Å². The van der Waals surface area contributed by atoms with E-state index in [-0.39, 0.29) is 5.78 Å². The van der Waals surface area contributed by atoms with Crippen LogP contribution in [-0.2, 0) is 4.79 Å². The van der Waals surface area contributed by atoms with Gasteiger partial charge in [-0.3, -0.25) is 9.59 Å². The molecule has 0 radical (unpaired) electrons. The Morgan fingerprint density at radius 3 is 2.20 bits per heavy atom. The average molecular weight is 528 g/mol. The van der Waals surface area contributed by atoms with Crippen LogP contribution >= 0.6 is 31.9 Å². The zero-order chi connectivity index (χ0) is 21.3. The summed E-state index contributed by atoms with van der Waals surface area (Å²) < 4.78 is 1.62. The summed E-state index contributed by atoms with van der Waals surface area (Å²) in [7, 11) is 0. The molecule has 1 aliphatic rings. The number of benzene rings is 3. The molecule has 0 aromatic heterocycles. The fourth-order valence-corrected chi connectivity index (χ4v) is 4.20. The number of hydrogen-bond donors (Lipinski definition) is 1. The molecule has 0 saturated carbocycles. The molecule has 0 bridgehead atoms. The summed E-state index contributed by atoms with van der Waals surface area (Å²) >= 11 is 6.78. The summed E-state index contributed by atoms with van der Waals surface area (Å²) in [4.78, 5) is 40.9. The van der Waals surface area contributed by atoms with Crippen molar-refractivity contribution in [2.24, 2.45) is 5.92 Å². The van der Waals surface area contributed by atoms with Crippen LogP contribution in [0.25, 0.3) is 0 Å². The molecule has 30 heavy (non-hydrogen) atoms. The highest BCUT2D eigenvalue weighted by molar-refractivity contribution is 9.10. The molecule has 0 unspecified atom stereocenters. The number of Topliss-reactive ketones (excluding diaryl/α,β-unsaturated/α-hetero) is 1. The minimum atomic E-state index is -1.10. The average Bonchev–Trinajstić information content (AvgIpc) is 2.74. The second kappa shape index (κ2) is 8.53. The van der Waals surface area contributed by atoms with E-state index in [1.165, 1.54) is 0 Å². The Balaban J connectivity index is 1.80. The van der Waals surface area contributed by atoms with Gasteiger partial charge in [0.25, 0.3) is 0 Å². The van der Waals surface area contributed by atoms with Crippen LogP contribution in [0.15, 0.2) is 87.8 Å². The Labute approximate surface area is 190 Å². The summed E-state index contributed by atoms with van der Waals surface area (Å²) in [6, 6.07) is 21.4. The van der Waals surface area contributed by atoms with Crippen molar-refractivity contribution < 1.29 is 14.4 Å². The molecule has 5 nitrogen and oxygen atoms in total. The Morgan fingerprint density at radius 1 is 0.833 bits per heavy atom. The quantitative estimate of drug-likeness (QED) is 0.359. The smallest absolute Gasteiger partial charge is 0.329 e. The number of hydrogen-bond acceptors (Lipinski definition) is 3. The van der Waals surface area contributed by atoms with Gasteiger partial charge < -0.3 is 5.32 Å². The van der Waals surface area contributed by atoms with Crippen LogP contribution in [0.4, 0.5) is 10.5 Å². The maximum atomic E-state index is 13.5. The Kier molecular flexibility index (Phi) is 5.83. The summed E-state index contributed by atoms with van der Waals surface area (Å²) in [5.74, 6) is -2.00. The molecule has 1 N–H and O–H groups in total. The van der Waals surface area contributed by atoms with Crippen molar-refractivity contribution in [1.82, 2.24) is 5.32 Å². The molecule has 3 aromatic carbocycles. The van der Waals surface area contributed by atoms with Gasteiger partial charge in [-0.25, -0.2) is 9.69 Å². The normalized spacial score (nSPS) is 18.8. The van der Waals surface area contributed by atoms with Gasteiger partial charge in [0.1, 0.15) is 5.92 Å². The van der Waals surface area contributed by atoms with E-state index >= 15 is 0 Å². The Bertz CT molecular complexity index is 1120. The van der Waals surface area contributed by atoms with Gasteiger partial charge in [0.15, 0.2) is 5.78 Å². The van der Waals surface area contributed by atoms with Crippen molar-refractivity contribution in [2.45, 2.75) is 6.04 Å².